The second-order valence-electron chi connectivity index (χ2n) is 5.38. The van der Waals surface area contributed by atoms with Crippen LogP contribution in [-0.4, -0.2) is 32.0 Å². The summed E-state index contributed by atoms with van der Waals surface area (Å²) in [7, 11) is 3.59. The summed E-state index contributed by atoms with van der Waals surface area (Å²) in [4.78, 5) is 5.39. The molecule has 0 atom stereocenters. The molecule has 0 aliphatic heterocycles. The number of ether oxygens (including phenoxy) is 1. The van der Waals surface area contributed by atoms with Crippen LogP contribution in [0.5, 0.6) is 5.75 Å². The molecule has 3 heterocycles. The molecule has 4 rings (SSSR count). The van der Waals surface area contributed by atoms with Crippen molar-refractivity contribution < 1.29 is 9.26 Å². The Bertz CT molecular complexity index is 993. The average Bonchev–Trinajstić information content (AvgIpc) is 3.41. The van der Waals surface area contributed by atoms with E-state index in [4.69, 9.17) is 9.26 Å². The van der Waals surface area contributed by atoms with Crippen molar-refractivity contribution in [1.29, 1.82) is 0 Å². The Morgan fingerprint density at radius 2 is 2.04 bits per heavy atom. The van der Waals surface area contributed by atoms with Crippen LogP contribution in [0.1, 0.15) is 5.82 Å². The van der Waals surface area contributed by atoms with E-state index in [0.29, 0.717) is 17.5 Å². The number of thiophene rings is 1. The Morgan fingerprint density at radius 3 is 2.77 bits per heavy atom. The van der Waals surface area contributed by atoms with E-state index in [1.807, 2.05) is 53.4 Å². The van der Waals surface area contributed by atoms with Gasteiger partial charge in [-0.2, -0.15) is 4.98 Å². The molecule has 0 unspecified atom stereocenters. The first-order valence-corrected chi connectivity index (χ1v) is 9.64. The second-order valence-corrected chi connectivity index (χ2v) is 7.27. The lowest BCUT2D eigenvalue weighted by atomic mass is 10.2. The quantitative estimate of drug-likeness (QED) is 0.466. The highest BCUT2D eigenvalue weighted by molar-refractivity contribution is 7.98. The third kappa shape index (κ3) is 3.35. The molecule has 9 heteroatoms. The highest BCUT2D eigenvalue weighted by Crippen LogP contribution is 2.27. The lowest BCUT2D eigenvalue weighted by Crippen LogP contribution is -1.95. The highest BCUT2D eigenvalue weighted by atomic mass is 32.2. The molecule has 0 saturated heterocycles. The topological polar surface area (TPSA) is 78.9 Å². The normalized spacial score (nSPS) is 11.0. The molecular formula is C17H15N5O2S2. The number of rotatable bonds is 6. The van der Waals surface area contributed by atoms with Crippen molar-refractivity contribution >= 4 is 23.1 Å². The van der Waals surface area contributed by atoms with E-state index in [9.17, 15) is 0 Å². The fourth-order valence-electron chi connectivity index (χ4n) is 2.37. The first-order chi connectivity index (χ1) is 12.7. The van der Waals surface area contributed by atoms with E-state index >= 15 is 0 Å². The predicted octanol–water partition coefficient (Wildman–Crippen LogP) is 3.89. The number of hydrogen-bond acceptors (Lipinski definition) is 8. The maximum atomic E-state index is 5.31. The van der Waals surface area contributed by atoms with E-state index in [0.717, 1.165) is 27.2 Å². The van der Waals surface area contributed by atoms with Gasteiger partial charge < -0.3 is 13.8 Å². The van der Waals surface area contributed by atoms with Gasteiger partial charge in [-0.25, -0.2) is 0 Å². The molecular weight excluding hydrogens is 370 g/mol. The summed E-state index contributed by atoms with van der Waals surface area (Å²) in [5, 5.41) is 15.4. The van der Waals surface area contributed by atoms with Gasteiger partial charge in [0, 0.05) is 12.6 Å². The molecule has 7 nitrogen and oxygen atoms in total. The van der Waals surface area contributed by atoms with Gasteiger partial charge in [0.05, 0.1) is 17.7 Å². The third-order valence-electron chi connectivity index (χ3n) is 3.71. The van der Waals surface area contributed by atoms with Crippen molar-refractivity contribution in [3.05, 3.63) is 47.6 Å². The maximum Gasteiger partial charge on any atom is 0.268 e. The van der Waals surface area contributed by atoms with Gasteiger partial charge in [0.15, 0.2) is 16.8 Å². The molecule has 26 heavy (non-hydrogen) atoms. The van der Waals surface area contributed by atoms with Crippen molar-refractivity contribution in [2.24, 2.45) is 7.05 Å². The molecule has 0 amide bonds. The van der Waals surface area contributed by atoms with Gasteiger partial charge in [-0.3, -0.25) is 0 Å². The minimum atomic E-state index is 0.549. The summed E-state index contributed by atoms with van der Waals surface area (Å²) in [6, 6.07) is 11.6. The molecule has 3 aromatic heterocycles. The van der Waals surface area contributed by atoms with Crippen LogP contribution in [-0.2, 0) is 12.8 Å². The third-order valence-corrected chi connectivity index (χ3v) is 5.59. The monoisotopic (exact) mass is 385 g/mol. The van der Waals surface area contributed by atoms with Gasteiger partial charge in [-0.05, 0) is 35.7 Å². The van der Waals surface area contributed by atoms with Crippen molar-refractivity contribution in [3.63, 3.8) is 0 Å². The van der Waals surface area contributed by atoms with Crippen LogP contribution < -0.4 is 4.74 Å². The summed E-state index contributed by atoms with van der Waals surface area (Å²) in [5.41, 5.74) is 0.979. The van der Waals surface area contributed by atoms with Crippen LogP contribution in [0, 0.1) is 0 Å². The Labute approximate surface area is 158 Å². The lowest BCUT2D eigenvalue weighted by molar-refractivity contribution is 0.415. The molecule has 0 aliphatic carbocycles. The maximum absolute atomic E-state index is 5.31. The predicted molar refractivity (Wildman–Crippen MR) is 100 cm³/mol. The second kappa shape index (κ2) is 7.30. The largest absolute Gasteiger partial charge is 0.497 e. The fraction of sp³-hybridized carbons (Fsp3) is 0.176. The van der Waals surface area contributed by atoms with Gasteiger partial charge in [0.2, 0.25) is 0 Å². The Hall–Kier alpha value is -2.65. The molecule has 0 fully saturated rings. The first-order valence-electron chi connectivity index (χ1n) is 7.77. The summed E-state index contributed by atoms with van der Waals surface area (Å²) in [6.07, 6.45) is 0. The minimum absolute atomic E-state index is 0.549. The summed E-state index contributed by atoms with van der Waals surface area (Å²) in [6.45, 7) is 0. The van der Waals surface area contributed by atoms with Crippen LogP contribution in [0.25, 0.3) is 22.2 Å². The van der Waals surface area contributed by atoms with Crippen molar-refractivity contribution in [1.82, 2.24) is 24.9 Å². The zero-order valence-electron chi connectivity index (χ0n) is 14.1. The van der Waals surface area contributed by atoms with Crippen molar-refractivity contribution in [3.8, 4) is 27.9 Å². The van der Waals surface area contributed by atoms with Crippen molar-refractivity contribution in [2.75, 3.05) is 7.11 Å². The SMILES string of the molecule is COc1ccc(-c2nnc(SCc3noc(-c4cccs4)n3)n2C)cc1. The molecule has 0 aliphatic rings. The molecule has 4 aromatic rings. The Kier molecular flexibility index (Phi) is 4.72. The number of nitrogens with zero attached hydrogens (tertiary/aromatic N) is 5. The number of thioether (sulfide) groups is 1. The summed E-state index contributed by atoms with van der Waals surface area (Å²) in [5.74, 6) is 3.34. The van der Waals surface area contributed by atoms with E-state index in [-0.39, 0.29) is 0 Å². The zero-order chi connectivity index (χ0) is 17.9. The molecule has 0 spiro atoms. The average molecular weight is 385 g/mol. The zero-order valence-corrected chi connectivity index (χ0v) is 15.8. The minimum Gasteiger partial charge on any atom is -0.497 e. The highest BCUT2D eigenvalue weighted by Gasteiger charge is 2.14. The molecule has 0 N–H and O–H groups in total. The summed E-state index contributed by atoms with van der Waals surface area (Å²) >= 11 is 3.09. The van der Waals surface area contributed by atoms with Gasteiger partial charge in [-0.1, -0.05) is 23.0 Å². The van der Waals surface area contributed by atoms with Crippen LogP contribution in [0.2, 0.25) is 0 Å². The van der Waals surface area contributed by atoms with Crippen molar-refractivity contribution in [2.45, 2.75) is 10.9 Å². The van der Waals surface area contributed by atoms with E-state index in [2.05, 4.69) is 20.3 Å². The first kappa shape index (κ1) is 16.8. The molecule has 0 bridgehead atoms. The van der Waals surface area contributed by atoms with Crippen LogP contribution >= 0.6 is 23.1 Å². The van der Waals surface area contributed by atoms with Crippen LogP contribution in [0.3, 0.4) is 0 Å². The standard InChI is InChI=1S/C17H15N5O2S2/c1-22-15(11-5-7-12(23-2)8-6-11)19-20-17(22)26-10-14-18-16(24-21-14)13-4-3-9-25-13/h3-9H,10H2,1-2H3. The van der Waals surface area contributed by atoms with Crippen LogP contribution in [0.15, 0.2) is 51.5 Å². The van der Waals surface area contributed by atoms with E-state index in [1.165, 1.54) is 11.8 Å². The van der Waals surface area contributed by atoms with E-state index < -0.39 is 0 Å². The van der Waals surface area contributed by atoms with Gasteiger partial charge in [0.25, 0.3) is 5.89 Å². The van der Waals surface area contributed by atoms with Gasteiger partial charge in [0.1, 0.15) is 5.75 Å². The van der Waals surface area contributed by atoms with Gasteiger partial charge in [-0.15, -0.1) is 21.5 Å². The molecule has 1 aromatic carbocycles. The molecule has 132 valence electrons. The number of aromatic nitrogens is 5. The molecule has 0 saturated carbocycles. The smallest absolute Gasteiger partial charge is 0.268 e. The summed E-state index contributed by atoms with van der Waals surface area (Å²) < 4.78 is 12.4. The lowest BCUT2D eigenvalue weighted by Gasteiger charge is -2.04. The number of methoxy groups -OCH3 is 1. The van der Waals surface area contributed by atoms with Gasteiger partial charge >= 0.3 is 0 Å². The Morgan fingerprint density at radius 1 is 1.19 bits per heavy atom. The fourth-order valence-corrected chi connectivity index (χ4v) is 3.77. The Balaban J connectivity index is 1.46. The number of benzene rings is 1. The van der Waals surface area contributed by atoms with Crippen LogP contribution in [0.4, 0.5) is 0 Å². The van der Waals surface area contributed by atoms with E-state index in [1.54, 1.807) is 18.4 Å². The number of hydrogen-bond donors (Lipinski definition) is 0. The molecule has 0 radical (unpaired) electrons.